The molecule has 0 spiro atoms. The summed E-state index contributed by atoms with van der Waals surface area (Å²) in [5, 5.41) is 9.20. The second-order valence-corrected chi connectivity index (χ2v) is 8.46. The summed E-state index contributed by atoms with van der Waals surface area (Å²) in [6.07, 6.45) is 4.00. The highest BCUT2D eigenvalue weighted by Gasteiger charge is 2.15. The van der Waals surface area contributed by atoms with Crippen LogP contribution in [0.4, 0.5) is 0 Å². The van der Waals surface area contributed by atoms with E-state index in [-0.39, 0.29) is 24.0 Å². The van der Waals surface area contributed by atoms with E-state index in [0.29, 0.717) is 5.92 Å². The van der Waals surface area contributed by atoms with Crippen molar-refractivity contribution in [2.75, 3.05) is 20.1 Å². The molecule has 2 heterocycles. The van der Waals surface area contributed by atoms with E-state index in [4.69, 9.17) is 9.98 Å². The van der Waals surface area contributed by atoms with Crippen LogP contribution in [0.25, 0.3) is 0 Å². The third kappa shape index (κ3) is 6.72. The van der Waals surface area contributed by atoms with Crippen molar-refractivity contribution < 1.29 is 0 Å². The topological polar surface area (TPSA) is 58.3 Å². The fourth-order valence-electron chi connectivity index (χ4n) is 3.14. The SMILES string of the molecule is CCNC(=NCCc1nc(CC)c(C)s1)N(C)Cc1cn(C)nc1C(C)C.I. The van der Waals surface area contributed by atoms with Crippen LogP contribution in [0.5, 0.6) is 0 Å². The van der Waals surface area contributed by atoms with Crippen molar-refractivity contribution in [1.82, 2.24) is 25.0 Å². The molecule has 8 heteroatoms. The summed E-state index contributed by atoms with van der Waals surface area (Å²) < 4.78 is 1.90. The third-order valence-electron chi connectivity index (χ3n) is 4.45. The first-order valence-electron chi connectivity index (χ1n) is 9.82. The van der Waals surface area contributed by atoms with Gasteiger partial charge in [-0.05, 0) is 26.2 Å². The fraction of sp³-hybridized carbons (Fsp3) is 0.650. The molecule has 0 aliphatic rings. The quantitative estimate of drug-likeness (QED) is 0.325. The predicted octanol–water partition coefficient (Wildman–Crippen LogP) is 4.13. The van der Waals surface area contributed by atoms with Crippen molar-refractivity contribution in [3.8, 4) is 0 Å². The van der Waals surface area contributed by atoms with Gasteiger partial charge >= 0.3 is 0 Å². The van der Waals surface area contributed by atoms with Crippen molar-refractivity contribution in [3.05, 3.63) is 33.0 Å². The number of hydrogen-bond acceptors (Lipinski definition) is 4. The Labute approximate surface area is 190 Å². The van der Waals surface area contributed by atoms with Crippen LogP contribution in [-0.4, -0.2) is 45.8 Å². The molecule has 0 aromatic carbocycles. The molecule has 0 unspecified atom stereocenters. The van der Waals surface area contributed by atoms with E-state index < -0.39 is 0 Å². The van der Waals surface area contributed by atoms with Gasteiger partial charge in [0.15, 0.2) is 5.96 Å². The number of aliphatic imine (C=N–C) groups is 1. The third-order valence-corrected chi connectivity index (χ3v) is 5.52. The molecule has 0 bridgehead atoms. The highest BCUT2D eigenvalue weighted by Crippen LogP contribution is 2.19. The van der Waals surface area contributed by atoms with Crippen LogP contribution in [0.3, 0.4) is 0 Å². The monoisotopic (exact) mass is 518 g/mol. The van der Waals surface area contributed by atoms with E-state index in [1.165, 1.54) is 21.1 Å². The van der Waals surface area contributed by atoms with Gasteiger partial charge in [-0.1, -0.05) is 20.8 Å². The van der Waals surface area contributed by atoms with Gasteiger partial charge in [-0.3, -0.25) is 9.67 Å². The first-order chi connectivity index (χ1) is 12.8. The molecule has 28 heavy (non-hydrogen) atoms. The molecule has 0 atom stereocenters. The molecule has 0 saturated heterocycles. The lowest BCUT2D eigenvalue weighted by atomic mass is 10.1. The summed E-state index contributed by atoms with van der Waals surface area (Å²) in [5.74, 6) is 1.34. The van der Waals surface area contributed by atoms with Gasteiger partial charge in [-0.15, -0.1) is 35.3 Å². The first kappa shape index (κ1) is 24.9. The smallest absolute Gasteiger partial charge is 0.193 e. The van der Waals surface area contributed by atoms with Gasteiger partial charge in [-0.25, -0.2) is 4.98 Å². The lowest BCUT2D eigenvalue weighted by Crippen LogP contribution is -2.38. The summed E-state index contributed by atoms with van der Waals surface area (Å²) in [7, 11) is 4.07. The second kappa shape index (κ2) is 11.7. The Balaban J connectivity index is 0.00000392. The number of thiazole rings is 1. The van der Waals surface area contributed by atoms with Crippen LogP contribution in [0.2, 0.25) is 0 Å². The number of nitrogens with one attached hydrogen (secondary N) is 1. The molecule has 158 valence electrons. The molecule has 0 radical (unpaired) electrons. The number of halogens is 1. The van der Waals surface area contributed by atoms with E-state index in [0.717, 1.165) is 44.1 Å². The molecule has 0 aliphatic carbocycles. The van der Waals surface area contributed by atoms with Crippen LogP contribution in [0.15, 0.2) is 11.2 Å². The summed E-state index contributed by atoms with van der Waals surface area (Å²) >= 11 is 1.80. The van der Waals surface area contributed by atoms with Gasteiger partial charge in [0.1, 0.15) is 0 Å². The molecule has 0 fully saturated rings. The maximum absolute atomic E-state index is 4.82. The first-order valence-corrected chi connectivity index (χ1v) is 10.6. The fourth-order valence-corrected chi connectivity index (χ4v) is 4.15. The summed E-state index contributed by atoms with van der Waals surface area (Å²) in [4.78, 5) is 13.1. The zero-order valence-corrected chi connectivity index (χ0v) is 21.4. The van der Waals surface area contributed by atoms with Crippen LogP contribution < -0.4 is 5.32 Å². The number of nitrogens with zero attached hydrogens (tertiary/aromatic N) is 5. The minimum atomic E-state index is 0. The maximum atomic E-state index is 4.82. The molecule has 2 rings (SSSR count). The Bertz CT molecular complexity index is 765. The molecular weight excluding hydrogens is 483 g/mol. The Hall–Kier alpha value is -1.16. The zero-order chi connectivity index (χ0) is 20.0. The summed E-state index contributed by atoms with van der Waals surface area (Å²) in [6.45, 7) is 13.2. The number of rotatable bonds is 8. The van der Waals surface area contributed by atoms with Crippen LogP contribution in [0.1, 0.15) is 60.4 Å². The van der Waals surface area contributed by atoms with Gasteiger partial charge in [-0.2, -0.15) is 5.10 Å². The van der Waals surface area contributed by atoms with Crippen LogP contribution in [-0.2, 0) is 26.4 Å². The van der Waals surface area contributed by atoms with Crippen LogP contribution in [0, 0.1) is 6.92 Å². The predicted molar refractivity (Wildman–Crippen MR) is 130 cm³/mol. The molecular formula is C20H35IN6S. The van der Waals surface area contributed by atoms with Crippen molar-refractivity contribution >= 4 is 41.3 Å². The molecule has 1 N–H and O–H groups in total. The lowest BCUT2D eigenvalue weighted by Gasteiger charge is -2.22. The minimum absolute atomic E-state index is 0. The maximum Gasteiger partial charge on any atom is 0.193 e. The van der Waals surface area contributed by atoms with E-state index in [1.807, 2.05) is 11.7 Å². The molecule has 0 amide bonds. The average Bonchev–Trinajstić information content (AvgIpc) is 3.16. The van der Waals surface area contributed by atoms with E-state index in [2.05, 4.69) is 63.2 Å². The van der Waals surface area contributed by atoms with Gasteiger partial charge in [0.05, 0.1) is 16.4 Å². The highest BCUT2D eigenvalue weighted by molar-refractivity contribution is 14.0. The van der Waals surface area contributed by atoms with Crippen molar-refractivity contribution in [2.45, 2.75) is 59.9 Å². The molecule has 0 saturated carbocycles. The Morgan fingerprint density at radius 1 is 1.36 bits per heavy atom. The van der Waals surface area contributed by atoms with Crippen LogP contribution >= 0.6 is 35.3 Å². The number of hydrogen-bond donors (Lipinski definition) is 1. The lowest BCUT2D eigenvalue weighted by molar-refractivity contribution is 0.473. The minimum Gasteiger partial charge on any atom is -0.357 e. The van der Waals surface area contributed by atoms with Gasteiger partial charge < -0.3 is 10.2 Å². The molecule has 0 aliphatic heterocycles. The largest absolute Gasteiger partial charge is 0.357 e. The number of aryl methyl sites for hydroxylation is 3. The molecule has 6 nitrogen and oxygen atoms in total. The molecule has 2 aromatic heterocycles. The van der Waals surface area contributed by atoms with Crippen molar-refractivity contribution in [2.24, 2.45) is 12.0 Å². The van der Waals surface area contributed by atoms with E-state index in [9.17, 15) is 0 Å². The summed E-state index contributed by atoms with van der Waals surface area (Å²) in [5.41, 5.74) is 3.63. The zero-order valence-electron chi connectivity index (χ0n) is 18.2. The Morgan fingerprint density at radius 2 is 2.07 bits per heavy atom. The average molecular weight is 519 g/mol. The highest BCUT2D eigenvalue weighted by atomic mass is 127. The second-order valence-electron chi connectivity index (χ2n) is 7.17. The van der Waals surface area contributed by atoms with E-state index >= 15 is 0 Å². The Morgan fingerprint density at radius 3 is 2.64 bits per heavy atom. The molecule has 2 aromatic rings. The van der Waals surface area contributed by atoms with Crippen molar-refractivity contribution in [3.63, 3.8) is 0 Å². The Kier molecular flexibility index (Phi) is 10.4. The van der Waals surface area contributed by atoms with Crippen molar-refractivity contribution in [1.29, 1.82) is 0 Å². The van der Waals surface area contributed by atoms with Gasteiger partial charge in [0.2, 0.25) is 0 Å². The number of guanidine groups is 1. The number of aromatic nitrogens is 3. The van der Waals surface area contributed by atoms with Gasteiger partial charge in [0.25, 0.3) is 0 Å². The normalized spacial score (nSPS) is 11.6. The standard InChI is InChI=1S/C20H34N6S.HI/c1-8-17-15(5)27-18(23-17)10-11-22-20(21-9-2)25(6)12-16-13-26(7)24-19(16)14(3)4;/h13-14H,8-12H2,1-7H3,(H,21,22);1H. The van der Waals surface area contributed by atoms with E-state index in [1.54, 1.807) is 11.3 Å². The summed E-state index contributed by atoms with van der Waals surface area (Å²) in [6, 6.07) is 0. The van der Waals surface area contributed by atoms with Gasteiger partial charge in [0, 0.05) is 56.8 Å².